The second kappa shape index (κ2) is 2.05. The van der Waals surface area contributed by atoms with E-state index in [9.17, 15) is 0 Å². The van der Waals surface area contributed by atoms with Crippen molar-refractivity contribution in [2.75, 3.05) is 0 Å². The molecule has 0 N–H and O–H groups in total. The maximum Gasteiger partial charge on any atom is 0.247 e. The molecule has 0 saturated carbocycles. The lowest BCUT2D eigenvalue weighted by Crippen LogP contribution is -1.73. The molecule has 2 heterocycles. The summed E-state index contributed by atoms with van der Waals surface area (Å²) in [6.07, 6.45) is 1.38. The number of hydrogen-bond acceptors (Lipinski definition) is 3. The van der Waals surface area contributed by atoms with Gasteiger partial charge in [-0.25, -0.2) is 9.97 Å². The van der Waals surface area contributed by atoms with E-state index in [0.717, 1.165) is 10.1 Å². The molecule has 0 aliphatic rings. The highest BCUT2D eigenvalue weighted by molar-refractivity contribution is 9.10. The number of halogens is 1. The van der Waals surface area contributed by atoms with Gasteiger partial charge in [0.2, 0.25) is 5.71 Å². The van der Waals surface area contributed by atoms with Gasteiger partial charge in [-0.1, -0.05) is 0 Å². The van der Waals surface area contributed by atoms with Crippen LogP contribution in [0.1, 0.15) is 0 Å². The molecule has 0 fully saturated rings. The zero-order chi connectivity index (χ0) is 6.97. The van der Waals surface area contributed by atoms with Crippen LogP contribution in [0.25, 0.3) is 11.2 Å². The van der Waals surface area contributed by atoms with Crippen LogP contribution in [0.3, 0.4) is 0 Å². The summed E-state index contributed by atoms with van der Waals surface area (Å²) >= 11 is 3.22. The molecule has 4 heteroatoms. The molecule has 0 amide bonds. The van der Waals surface area contributed by atoms with Crippen LogP contribution in [0.4, 0.5) is 0 Å². The molecular weight excluding hydrogens is 196 g/mol. The van der Waals surface area contributed by atoms with E-state index in [1.54, 1.807) is 0 Å². The molecule has 0 unspecified atom stereocenters. The van der Waals surface area contributed by atoms with E-state index in [0.29, 0.717) is 5.71 Å². The van der Waals surface area contributed by atoms with Crippen molar-refractivity contribution in [3.05, 3.63) is 23.1 Å². The van der Waals surface area contributed by atoms with Gasteiger partial charge in [0.25, 0.3) is 0 Å². The van der Waals surface area contributed by atoms with Gasteiger partial charge in [-0.15, -0.1) is 0 Å². The molecular formula is C6H3BrN2O. The van der Waals surface area contributed by atoms with Gasteiger partial charge in [-0.05, 0) is 28.1 Å². The number of oxazole rings is 1. The quantitative estimate of drug-likeness (QED) is 0.609. The Bertz CT molecular complexity index is 357. The number of pyridine rings is 1. The maximum absolute atomic E-state index is 4.95. The van der Waals surface area contributed by atoms with Gasteiger partial charge in [0.1, 0.15) is 10.1 Å². The summed E-state index contributed by atoms with van der Waals surface area (Å²) in [6, 6.07) is 3.67. The third-order valence-corrected chi connectivity index (χ3v) is 1.60. The van der Waals surface area contributed by atoms with Gasteiger partial charge in [-0.3, -0.25) is 0 Å². The minimum Gasteiger partial charge on any atom is -0.425 e. The van der Waals surface area contributed by atoms with E-state index in [2.05, 4.69) is 25.9 Å². The lowest BCUT2D eigenvalue weighted by Gasteiger charge is -1.85. The first-order chi connectivity index (χ1) is 4.86. The average molecular weight is 199 g/mol. The molecule has 0 radical (unpaired) electrons. The first-order valence-electron chi connectivity index (χ1n) is 2.72. The van der Waals surface area contributed by atoms with Crippen molar-refractivity contribution < 1.29 is 4.42 Å². The van der Waals surface area contributed by atoms with Gasteiger partial charge in [0.15, 0.2) is 6.39 Å². The molecule has 0 atom stereocenters. The SMILES string of the molecule is Brc1ccc2ncoc2n1. The molecule has 0 spiro atoms. The first-order valence-corrected chi connectivity index (χ1v) is 3.51. The number of hydrogen-bond donors (Lipinski definition) is 0. The Labute approximate surface area is 65.2 Å². The summed E-state index contributed by atoms with van der Waals surface area (Å²) in [4.78, 5) is 7.93. The minimum absolute atomic E-state index is 0.564. The second-order valence-corrected chi connectivity index (χ2v) is 2.62. The Morgan fingerprint density at radius 3 is 3.20 bits per heavy atom. The highest BCUT2D eigenvalue weighted by Gasteiger charge is 1.97. The van der Waals surface area contributed by atoms with Crippen LogP contribution in [0, 0.1) is 0 Å². The second-order valence-electron chi connectivity index (χ2n) is 1.81. The fourth-order valence-electron chi connectivity index (χ4n) is 0.729. The standard InChI is InChI=1S/C6H3BrN2O/c7-5-2-1-4-6(9-5)10-3-8-4/h1-3H. The van der Waals surface area contributed by atoms with Crippen LogP contribution >= 0.6 is 15.9 Å². The van der Waals surface area contributed by atoms with E-state index >= 15 is 0 Å². The maximum atomic E-state index is 4.95. The van der Waals surface area contributed by atoms with Crippen LogP contribution in [-0.2, 0) is 0 Å². The van der Waals surface area contributed by atoms with Gasteiger partial charge < -0.3 is 4.42 Å². The number of aromatic nitrogens is 2. The zero-order valence-corrected chi connectivity index (χ0v) is 6.50. The number of fused-ring (bicyclic) bond motifs is 1. The Balaban J connectivity index is 2.86. The van der Waals surface area contributed by atoms with Crippen LogP contribution in [0.15, 0.2) is 27.5 Å². The molecule has 3 nitrogen and oxygen atoms in total. The monoisotopic (exact) mass is 198 g/mol. The molecule has 50 valence electrons. The topological polar surface area (TPSA) is 38.9 Å². The van der Waals surface area contributed by atoms with Crippen LogP contribution in [0.5, 0.6) is 0 Å². The largest absolute Gasteiger partial charge is 0.425 e. The van der Waals surface area contributed by atoms with E-state index in [4.69, 9.17) is 4.42 Å². The molecule has 0 bridgehead atoms. The predicted molar refractivity (Wildman–Crippen MR) is 39.5 cm³/mol. The molecule has 2 aromatic heterocycles. The van der Waals surface area contributed by atoms with Gasteiger partial charge >= 0.3 is 0 Å². The van der Waals surface area contributed by atoms with Crippen molar-refractivity contribution in [3.8, 4) is 0 Å². The van der Waals surface area contributed by atoms with Gasteiger partial charge in [0, 0.05) is 0 Å². The normalized spacial score (nSPS) is 10.5. The Morgan fingerprint density at radius 1 is 1.40 bits per heavy atom. The Hall–Kier alpha value is -0.900. The summed E-state index contributed by atoms with van der Waals surface area (Å²) in [5.74, 6) is 0. The van der Waals surface area contributed by atoms with Crippen molar-refractivity contribution >= 4 is 27.2 Å². The van der Waals surface area contributed by atoms with Crippen molar-refractivity contribution in [3.63, 3.8) is 0 Å². The summed E-state index contributed by atoms with van der Waals surface area (Å²) in [7, 11) is 0. The van der Waals surface area contributed by atoms with E-state index in [-0.39, 0.29) is 0 Å². The van der Waals surface area contributed by atoms with E-state index < -0.39 is 0 Å². The van der Waals surface area contributed by atoms with E-state index in [1.807, 2.05) is 12.1 Å². The summed E-state index contributed by atoms with van der Waals surface area (Å²) in [5.41, 5.74) is 1.34. The molecule has 0 aromatic carbocycles. The molecule has 0 saturated heterocycles. The van der Waals surface area contributed by atoms with Gasteiger partial charge in [0.05, 0.1) is 0 Å². The third kappa shape index (κ3) is 0.806. The van der Waals surface area contributed by atoms with Crippen LogP contribution in [-0.4, -0.2) is 9.97 Å². The van der Waals surface area contributed by atoms with Crippen molar-refractivity contribution in [2.45, 2.75) is 0 Å². The summed E-state index contributed by atoms with van der Waals surface area (Å²) in [5, 5.41) is 0. The molecule has 2 rings (SSSR count). The summed E-state index contributed by atoms with van der Waals surface area (Å²) < 4.78 is 5.71. The van der Waals surface area contributed by atoms with Crippen molar-refractivity contribution in [1.29, 1.82) is 0 Å². The highest BCUT2D eigenvalue weighted by Crippen LogP contribution is 2.12. The smallest absolute Gasteiger partial charge is 0.247 e. The Morgan fingerprint density at radius 2 is 2.30 bits per heavy atom. The fourth-order valence-corrected chi connectivity index (χ4v) is 1.02. The number of nitrogens with zero attached hydrogens (tertiary/aromatic N) is 2. The molecule has 2 aromatic rings. The molecule has 10 heavy (non-hydrogen) atoms. The molecule has 0 aliphatic heterocycles. The first kappa shape index (κ1) is 5.85. The highest BCUT2D eigenvalue weighted by atomic mass is 79.9. The Kier molecular flexibility index (Phi) is 1.20. The summed E-state index contributed by atoms with van der Waals surface area (Å²) in [6.45, 7) is 0. The lowest BCUT2D eigenvalue weighted by molar-refractivity contribution is 0.590. The third-order valence-electron chi connectivity index (χ3n) is 1.16. The average Bonchev–Trinajstić information content (AvgIpc) is 2.33. The van der Waals surface area contributed by atoms with Gasteiger partial charge in [-0.2, -0.15) is 0 Å². The fraction of sp³-hybridized carbons (Fsp3) is 0. The van der Waals surface area contributed by atoms with Crippen molar-refractivity contribution in [1.82, 2.24) is 9.97 Å². The molecule has 0 aliphatic carbocycles. The predicted octanol–water partition coefficient (Wildman–Crippen LogP) is 1.99. The lowest BCUT2D eigenvalue weighted by atomic mass is 10.5. The minimum atomic E-state index is 0.564. The van der Waals surface area contributed by atoms with Crippen molar-refractivity contribution in [2.24, 2.45) is 0 Å². The number of rotatable bonds is 0. The van der Waals surface area contributed by atoms with Crippen LogP contribution in [0.2, 0.25) is 0 Å². The van der Waals surface area contributed by atoms with Crippen LogP contribution < -0.4 is 0 Å². The zero-order valence-electron chi connectivity index (χ0n) is 4.91. The van der Waals surface area contributed by atoms with E-state index in [1.165, 1.54) is 6.39 Å².